The molecule has 12 heavy (non-hydrogen) atoms. The number of aromatic nitrogens is 1. The number of aliphatic hydroxyl groups is 2. The molecule has 3 nitrogen and oxygen atoms in total. The number of hydrogen-bond donors (Lipinski definition) is 2. The quantitative estimate of drug-likeness (QED) is 0.812. The smallest absolute Gasteiger partial charge is 0.185 e. The summed E-state index contributed by atoms with van der Waals surface area (Å²) in [4.78, 5) is 4.09. The van der Waals surface area contributed by atoms with E-state index in [1.54, 1.807) is 0 Å². The first-order chi connectivity index (χ1) is 5.52. The van der Waals surface area contributed by atoms with E-state index in [0.717, 1.165) is 11.3 Å². The van der Waals surface area contributed by atoms with Gasteiger partial charge in [-0.3, -0.25) is 0 Å². The molecule has 0 aliphatic rings. The predicted octanol–water partition coefficient (Wildman–Crippen LogP) is 1.86. The Morgan fingerprint density at radius 2 is 2.00 bits per heavy atom. The Morgan fingerprint density at radius 3 is 2.33 bits per heavy atom. The molecule has 2 N–H and O–H groups in total. The Kier molecular flexibility index (Phi) is 3.31. The lowest BCUT2D eigenvalue weighted by Crippen LogP contribution is -2.12. The highest BCUT2D eigenvalue weighted by Gasteiger charge is 2.20. The summed E-state index contributed by atoms with van der Waals surface area (Å²) in [6.07, 6.45) is -1.89. The van der Waals surface area contributed by atoms with Crippen LogP contribution in [0.5, 0.6) is 0 Å². The van der Waals surface area contributed by atoms with Gasteiger partial charge in [-0.2, -0.15) is 0 Å². The average molecular weight is 228 g/mol. The molecule has 0 unspecified atom stereocenters. The fraction of sp³-hybridized carbons (Fsp3) is 0.500. The van der Waals surface area contributed by atoms with Gasteiger partial charge in [-0.25, -0.2) is 4.98 Å². The highest BCUT2D eigenvalue weighted by Crippen LogP contribution is 2.33. The minimum absolute atomic E-state index is 0.151. The Bertz CT molecular complexity index is 277. The molecule has 0 saturated heterocycles. The summed E-state index contributed by atoms with van der Waals surface area (Å²) >= 11 is 12.2. The van der Waals surface area contributed by atoms with E-state index in [1.165, 1.54) is 6.92 Å². The fourth-order valence-corrected chi connectivity index (χ4v) is 2.19. The minimum atomic E-state index is -1.01. The van der Waals surface area contributed by atoms with Gasteiger partial charge in [-0.15, -0.1) is 11.3 Å². The molecule has 0 aliphatic carbocycles. The maximum atomic E-state index is 9.37. The van der Waals surface area contributed by atoms with Crippen LogP contribution in [0.25, 0.3) is 0 Å². The molecule has 68 valence electrons. The van der Waals surface area contributed by atoms with Crippen LogP contribution >= 0.6 is 34.5 Å². The van der Waals surface area contributed by atoms with E-state index < -0.39 is 12.2 Å². The number of rotatable bonds is 2. The van der Waals surface area contributed by atoms with Gasteiger partial charge in [0.15, 0.2) is 4.47 Å². The predicted molar refractivity (Wildman–Crippen MR) is 48.8 cm³/mol. The third kappa shape index (κ3) is 2.08. The zero-order chi connectivity index (χ0) is 9.30. The largest absolute Gasteiger partial charge is 0.390 e. The van der Waals surface area contributed by atoms with Crippen LogP contribution in [0.3, 0.4) is 0 Å². The van der Waals surface area contributed by atoms with Gasteiger partial charge in [0.25, 0.3) is 0 Å². The van der Waals surface area contributed by atoms with Crippen LogP contribution in [0.4, 0.5) is 0 Å². The summed E-state index contributed by atoms with van der Waals surface area (Å²) in [6, 6.07) is 0. The van der Waals surface area contributed by atoms with Crippen LogP contribution in [-0.2, 0) is 0 Å². The van der Waals surface area contributed by atoms with E-state index >= 15 is 0 Å². The Morgan fingerprint density at radius 1 is 1.42 bits per heavy atom. The summed E-state index contributed by atoms with van der Waals surface area (Å²) in [6.45, 7) is 1.47. The van der Waals surface area contributed by atoms with Crippen LogP contribution in [0.1, 0.15) is 17.9 Å². The van der Waals surface area contributed by atoms with Gasteiger partial charge in [0, 0.05) is 0 Å². The molecule has 1 heterocycles. The average Bonchev–Trinajstić information content (AvgIpc) is 2.28. The van der Waals surface area contributed by atoms with Crippen molar-refractivity contribution >= 4 is 34.5 Å². The van der Waals surface area contributed by atoms with Crippen molar-refractivity contribution in [1.29, 1.82) is 0 Å². The number of aliphatic hydroxyl groups excluding tert-OH is 2. The van der Waals surface area contributed by atoms with Crippen LogP contribution in [0, 0.1) is 0 Å². The van der Waals surface area contributed by atoms with Crippen molar-refractivity contribution in [2.24, 2.45) is 0 Å². The lowest BCUT2D eigenvalue weighted by atomic mass is 10.2. The first-order valence-corrected chi connectivity index (χ1v) is 4.77. The fourth-order valence-electron chi connectivity index (χ4n) is 0.689. The van der Waals surface area contributed by atoms with Gasteiger partial charge < -0.3 is 10.2 Å². The summed E-state index contributed by atoms with van der Waals surface area (Å²) in [5.74, 6) is 0. The monoisotopic (exact) mass is 227 g/mol. The van der Waals surface area contributed by atoms with Crippen molar-refractivity contribution in [2.75, 3.05) is 0 Å². The molecular weight excluding hydrogens is 221 g/mol. The van der Waals surface area contributed by atoms with Gasteiger partial charge in [0.1, 0.15) is 11.3 Å². The molecule has 2 atom stereocenters. The van der Waals surface area contributed by atoms with Gasteiger partial charge in [-0.05, 0) is 6.92 Å². The van der Waals surface area contributed by atoms with Crippen molar-refractivity contribution in [3.8, 4) is 0 Å². The van der Waals surface area contributed by atoms with Crippen LogP contribution in [0.2, 0.25) is 9.62 Å². The molecule has 0 radical (unpaired) electrons. The highest BCUT2D eigenvalue weighted by atomic mass is 35.5. The molecule has 1 aromatic rings. The lowest BCUT2D eigenvalue weighted by molar-refractivity contribution is 0.0327. The molecule has 1 rings (SSSR count). The molecule has 0 spiro atoms. The number of nitrogens with zero attached hydrogens (tertiary/aromatic N) is 1. The molecule has 0 amide bonds. The van der Waals surface area contributed by atoms with Crippen molar-refractivity contribution in [3.63, 3.8) is 0 Å². The lowest BCUT2D eigenvalue weighted by Gasteiger charge is -2.10. The van der Waals surface area contributed by atoms with Crippen molar-refractivity contribution < 1.29 is 10.2 Å². The van der Waals surface area contributed by atoms with Gasteiger partial charge in [-0.1, -0.05) is 23.2 Å². The molecule has 0 fully saturated rings. The van der Waals surface area contributed by atoms with Crippen LogP contribution in [-0.4, -0.2) is 21.3 Å². The van der Waals surface area contributed by atoms with Crippen molar-refractivity contribution in [3.05, 3.63) is 14.5 Å². The summed E-state index contributed by atoms with van der Waals surface area (Å²) < 4.78 is 0.259. The van der Waals surface area contributed by atoms with E-state index in [4.69, 9.17) is 28.3 Å². The number of halogens is 2. The molecule has 0 bridgehead atoms. The van der Waals surface area contributed by atoms with Crippen molar-refractivity contribution in [2.45, 2.75) is 19.1 Å². The molecule has 6 heteroatoms. The standard InChI is InChI=1S/C6H7Cl2NO2S/c1-2(10)3(11)4-5(7)9-6(8)12-4/h2-3,10-11H,1H3/t2-,3+/m1/s1. The highest BCUT2D eigenvalue weighted by molar-refractivity contribution is 7.16. The third-order valence-corrected chi connectivity index (χ3v) is 2.94. The van der Waals surface area contributed by atoms with Crippen LogP contribution in [0.15, 0.2) is 0 Å². The maximum Gasteiger partial charge on any atom is 0.185 e. The zero-order valence-electron chi connectivity index (χ0n) is 6.16. The van der Waals surface area contributed by atoms with E-state index in [9.17, 15) is 5.11 Å². The van der Waals surface area contributed by atoms with Gasteiger partial charge >= 0.3 is 0 Å². The number of hydrogen-bond acceptors (Lipinski definition) is 4. The first kappa shape index (κ1) is 10.2. The third-order valence-electron chi connectivity index (χ3n) is 1.31. The SMILES string of the molecule is C[C@@H](O)[C@H](O)c1sc(Cl)nc1Cl. The van der Waals surface area contributed by atoms with Crippen molar-refractivity contribution in [1.82, 2.24) is 4.98 Å². The normalized spacial score (nSPS) is 16.1. The van der Waals surface area contributed by atoms with E-state index in [2.05, 4.69) is 4.98 Å². The topological polar surface area (TPSA) is 53.4 Å². The second-order valence-electron chi connectivity index (χ2n) is 2.31. The minimum Gasteiger partial charge on any atom is -0.390 e. The first-order valence-electron chi connectivity index (χ1n) is 3.20. The molecule has 0 aromatic carbocycles. The number of thiazole rings is 1. The van der Waals surface area contributed by atoms with Gasteiger partial charge in [0.05, 0.1) is 11.0 Å². The Balaban J connectivity index is 2.94. The summed E-state index contributed by atoms with van der Waals surface area (Å²) in [5.41, 5.74) is 0. The molecule has 0 saturated carbocycles. The van der Waals surface area contributed by atoms with E-state index in [0.29, 0.717) is 4.88 Å². The second-order valence-corrected chi connectivity index (χ2v) is 4.28. The van der Waals surface area contributed by atoms with Gasteiger partial charge in [0.2, 0.25) is 0 Å². The maximum absolute atomic E-state index is 9.37. The van der Waals surface area contributed by atoms with E-state index in [-0.39, 0.29) is 9.62 Å². The molecular formula is C6H7Cl2NO2S. The van der Waals surface area contributed by atoms with Crippen LogP contribution < -0.4 is 0 Å². The molecule has 0 aliphatic heterocycles. The molecule has 1 aromatic heterocycles. The summed E-state index contributed by atoms with van der Waals surface area (Å²) in [5, 5.41) is 18.6. The zero-order valence-corrected chi connectivity index (χ0v) is 8.49. The Hall–Kier alpha value is 0.130. The summed E-state index contributed by atoms with van der Waals surface area (Å²) in [7, 11) is 0. The Labute approximate surface area is 83.6 Å². The van der Waals surface area contributed by atoms with E-state index in [1.807, 2.05) is 0 Å². The second kappa shape index (κ2) is 3.89.